The molecule has 2 amide bonds. The van der Waals surface area contributed by atoms with Gasteiger partial charge in [-0.3, -0.25) is 9.80 Å². The van der Waals surface area contributed by atoms with Crippen LogP contribution in [-0.4, -0.2) is 36.8 Å². The first kappa shape index (κ1) is 31.3. The number of nitrogens with zero attached hydrogens (tertiary/aromatic N) is 2. The Bertz CT molecular complexity index is 1300. The van der Waals surface area contributed by atoms with Gasteiger partial charge in [0.15, 0.2) is 0 Å². The number of hydrogen-bond donors (Lipinski definition) is 0. The van der Waals surface area contributed by atoms with E-state index < -0.39 is 71.6 Å². The van der Waals surface area contributed by atoms with Gasteiger partial charge in [-0.25, -0.2) is 9.59 Å². The van der Waals surface area contributed by atoms with Gasteiger partial charge in [-0.05, 0) is 73.6 Å². The summed E-state index contributed by atoms with van der Waals surface area (Å²) in [6.45, 7) is 0.616. The fraction of sp³-hybridized carbons (Fsp3) is 0.481. The molecular formula is C27H25F9N2O4. The number of carbonyl (C=O) groups excluding carboxylic acids is 2. The van der Waals surface area contributed by atoms with Gasteiger partial charge in [0.2, 0.25) is 0 Å². The van der Waals surface area contributed by atoms with Crippen LogP contribution in [0.25, 0.3) is 0 Å². The predicted molar refractivity (Wildman–Crippen MR) is 129 cm³/mol. The largest absolute Gasteiger partial charge is 0.453 e. The van der Waals surface area contributed by atoms with Gasteiger partial charge in [0, 0.05) is 12.6 Å². The Morgan fingerprint density at radius 3 is 1.93 bits per heavy atom. The molecule has 230 valence electrons. The number of alkyl halides is 9. The van der Waals surface area contributed by atoms with Gasteiger partial charge in [0.05, 0.1) is 42.1 Å². The summed E-state index contributed by atoms with van der Waals surface area (Å²) in [4.78, 5) is 27.9. The first-order chi connectivity index (χ1) is 19.5. The molecule has 15 heteroatoms. The van der Waals surface area contributed by atoms with Crippen molar-refractivity contribution in [1.82, 2.24) is 4.90 Å². The number of benzene rings is 2. The van der Waals surface area contributed by atoms with E-state index in [0.29, 0.717) is 31.0 Å². The minimum atomic E-state index is -5.14. The molecule has 0 radical (unpaired) electrons. The summed E-state index contributed by atoms with van der Waals surface area (Å²) in [5, 5.41) is 0. The fourth-order valence-electron chi connectivity index (χ4n) is 5.18. The summed E-state index contributed by atoms with van der Waals surface area (Å²) in [6, 6.07) is 1.39. The Morgan fingerprint density at radius 1 is 0.881 bits per heavy atom. The number of hydrogen-bond acceptors (Lipinski definition) is 4. The van der Waals surface area contributed by atoms with E-state index >= 15 is 0 Å². The van der Waals surface area contributed by atoms with Crippen LogP contribution in [0.4, 0.5) is 54.8 Å². The average molecular weight is 612 g/mol. The van der Waals surface area contributed by atoms with E-state index in [0.717, 1.165) is 29.0 Å². The highest BCUT2D eigenvalue weighted by Crippen LogP contribution is 2.50. The zero-order chi connectivity index (χ0) is 31.2. The molecule has 2 aromatic rings. The standard InChI is InChI=1S/C27H25F9N2O4/c1-3-42-24(40)38-20(15-4-5-15)12-21(19-7-6-16(11-22(19)38)25(28,29)30)37(23(39)41-2)13-14-8-17(26(31,32)33)10-18(9-14)27(34,35)36/h6-11,15,20-21H,3-5,12-13H2,1-2H3/t20-,21-/m1/s1. The summed E-state index contributed by atoms with van der Waals surface area (Å²) in [5.41, 5.74) is -5.05. The van der Waals surface area contributed by atoms with Crippen LogP contribution >= 0.6 is 0 Å². The lowest BCUT2D eigenvalue weighted by molar-refractivity contribution is -0.143. The Balaban J connectivity index is 1.87. The third-order valence-electron chi connectivity index (χ3n) is 7.19. The van der Waals surface area contributed by atoms with Crippen molar-refractivity contribution >= 4 is 17.9 Å². The molecule has 2 aliphatic rings. The predicted octanol–water partition coefficient (Wildman–Crippen LogP) is 8.20. The monoisotopic (exact) mass is 612 g/mol. The second-order valence-electron chi connectivity index (χ2n) is 10.0. The third-order valence-corrected chi connectivity index (χ3v) is 7.19. The zero-order valence-electron chi connectivity index (χ0n) is 22.2. The number of halogens is 9. The molecule has 1 aliphatic heterocycles. The van der Waals surface area contributed by atoms with Crippen LogP contribution in [0, 0.1) is 5.92 Å². The van der Waals surface area contributed by atoms with Crippen LogP contribution in [0.15, 0.2) is 36.4 Å². The minimum absolute atomic E-state index is 0.0152. The number of methoxy groups -OCH3 is 1. The summed E-state index contributed by atoms with van der Waals surface area (Å²) in [7, 11) is 0.947. The van der Waals surface area contributed by atoms with Crippen LogP contribution in [0.5, 0.6) is 0 Å². The normalized spacial score (nSPS) is 19.3. The molecule has 2 aromatic carbocycles. The molecule has 1 aliphatic carbocycles. The van der Waals surface area contributed by atoms with E-state index in [-0.39, 0.29) is 36.3 Å². The highest BCUT2D eigenvalue weighted by atomic mass is 19.4. The van der Waals surface area contributed by atoms with Crippen molar-refractivity contribution in [2.45, 2.75) is 63.3 Å². The first-order valence-electron chi connectivity index (χ1n) is 12.8. The van der Waals surface area contributed by atoms with Crippen molar-refractivity contribution in [3.05, 3.63) is 64.2 Å². The van der Waals surface area contributed by atoms with Gasteiger partial charge in [-0.15, -0.1) is 0 Å². The van der Waals surface area contributed by atoms with Gasteiger partial charge < -0.3 is 9.47 Å². The lowest BCUT2D eigenvalue weighted by atomic mass is 9.87. The molecule has 2 atom stereocenters. The molecule has 1 heterocycles. The summed E-state index contributed by atoms with van der Waals surface area (Å²) >= 11 is 0. The summed E-state index contributed by atoms with van der Waals surface area (Å²) < 4.78 is 132. The molecule has 0 unspecified atom stereocenters. The van der Waals surface area contributed by atoms with E-state index in [9.17, 15) is 49.1 Å². The third kappa shape index (κ3) is 6.54. The van der Waals surface area contributed by atoms with Crippen molar-refractivity contribution in [3.8, 4) is 0 Å². The lowest BCUT2D eigenvalue weighted by Gasteiger charge is -2.44. The van der Waals surface area contributed by atoms with E-state index in [2.05, 4.69) is 0 Å². The number of fused-ring (bicyclic) bond motifs is 1. The van der Waals surface area contributed by atoms with Crippen LogP contribution in [0.2, 0.25) is 0 Å². The minimum Gasteiger partial charge on any atom is -0.453 e. The number of anilines is 1. The maximum atomic E-state index is 13.7. The van der Waals surface area contributed by atoms with E-state index in [1.807, 2.05) is 0 Å². The molecule has 0 aromatic heterocycles. The maximum absolute atomic E-state index is 13.7. The highest BCUT2D eigenvalue weighted by Gasteiger charge is 2.48. The Hall–Kier alpha value is -3.65. The molecule has 1 fully saturated rings. The summed E-state index contributed by atoms with van der Waals surface area (Å²) in [6.07, 6.45) is -16.1. The Morgan fingerprint density at radius 2 is 1.45 bits per heavy atom. The van der Waals surface area contributed by atoms with E-state index in [1.54, 1.807) is 0 Å². The van der Waals surface area contributed by atoms with Gasteiger partial charge >= 0.3 is 30.7 Å². The SMILES string of the molecule is CCOC(=O)N1c2cc(C(F)(F)F)ccc2[C@H](N(Cc2cc(C(F)(F)F)cc(C(F)(F)F)c2)C(=O)OC)C[C@@H]1C1CC1. The maximum Gasteiger partial charge on any atom is 0.416 e. The van der Waals surface area contributed by atoms with Gasteiger partial charge in [0.1, 0.15) is 0 Å². The Kier molecular flexibility index (Phi) is 8.35. The van der Waals surface area contributed by atoms with Gasteiger partial charge in [-0.1, -0.05) is 6.07 Å². The van der Waals surface area contributed by atoms with Crippen molar-refractivity contribution in [1.29, 1.82) is 0 Å². The van der Waals surface area contributed by atoms with Crippen molar-refractivity contribution < 1.29 is 58.6 Å². The topological polar surface area (TPSA) is 59.1 Å². The van der Waals surface area contributed by atoms with Gasteiger partial charge in [-0.2, -0.15) is 39.5 Å². The van der Waals surface area contributed by atoms with E-state index in [1.165, 1.54) is 6.92 Å². The van der Waals surface area contributed by atoms with Crippen molar-refractivity contribution in [3.63, 3.8) is 0 Å². The zero-order valence-corrected chi connectivity index (χ0v) is 22.2. The van der Waals surface area contributed by atoms with Crippen molar-refractivity contribution in [2.75, 3.05) is 18.6 Å². The Labute approximate surface area is 234 Å². The summed E-state index contributed by atoms with van der Waals surface area (Å²) in [5.74, 6) is -0.190. The molecule has 0 saturated heterocycles. The molecule has 1 saturated carbocycles. The molecule has 42 heavy (non-hydrogen) atoms. The molecule has 6 nitrogen and oxygen atoms in total. The number of amides is 2. The molecular weight excluding hydrogens is 587 g/mol. The average Bonchev–Trinajstić information content (AvgIpc) is 3.74. The molecule has 0 spiro atoms. The number of carbonyl (C=O) groups is 2. The second kappa shape index (κ2) is 11.2. The quantitative estimate of drug-likeness (QED) is 0.320. The van der Waals surface area contributed by atoms with Crippen LogP contribution in [0.1, 0.15) is 60.0 Å². The van der Waals surface area contributed by atoms with Crippen LogP contribution < -0.4 is 4.90 Å². The second-order valence-corrected chi connectivity index (χ2v) is 10.0. The lowest BCUT2D eigenvalue weighted by Crippen LogP contribution is -2.50. The van der Waals surface area contributed by atoms with Gasteiger partial charge in [0.25, 0.3) is 0 Å². The van der Waals surface area contributed by atoms with Crippen molar-refractivity contribution in [2.24, 2.45) is 5.92 Å². The fourth-order valence-corrected chi connectivity index (χ4v) is 5.18. The smallest absolute Gasteiger partial charge is 0.416 e. The number of rotatable bonds is 5. The van der Waals surface area contributed by atoms with Crippen LogP contribution in [-0.2, 0) is 34.5 Å². The molecule has 0 bridgehead atoms. The number of ether oxygens (including phenoxy) is 2. The first-order valence-corrected chi connectivity index (χ1v) is 12.8. The molecule has 0 N–H and O–H groups in total. The molecule has 4 rings (SSSR count). The van der Waals surface area contributed by atoms with Crippen LogP contribution in [0.3, 0.4) is 0 Å². The van der Waals surface area contributed by atoms with E-state index in [4.69, 9.17) is 9.47 Å². The highest BCUT2D eigenvalue weighted by molar-refractivity contribution is 5.91.